The van der Waals surface area contributed by atoms with E-state index in [1.807, 2.05) is 19.9 Å². The third kappa shape index (κ3) is 3.21. The Bertz CT molecular complexity index is 810. The van der Waals surface area contributed by atoms with Crippen LogP contribution < -0.4 is 10.2 Å². The number of ether oxygens (including phenoxy) is 1. The average Bonchev–Trinajstić information content (AvgIpc) is 2.59. The lowest BCUT2D eigenvalue weighted by atomic mass is 9.89. The van der Waals surface area contributed by atoms with E-state index in [0.717, 1.165) is 5.56 Å². The lowest BCUT2D eigenvalue weighted by Crippen LogP contribution is -2.35. The van der Waals surface area contributed by atoms with Crippen molar-refractivity contribution < 1.29 is 9.94 Å². The summed E-state index contributed by atoms with van der Waals surface area (Å²) in [6.45, 7) is 3.99. The van der Waals surface area contributed by atoms with Crippen molar-refractivity contribution in [2.75, 3.05) is 0 Å². The summed E-state index contributed by atoms with van der Waals surface area (Å²) in [6.07, 6.45) is 3.91. The SMILES string of the molecule is CC1(C)CC(N=C(NO)c2cccnc2)c2cc(C#N)ccc2O1. The zero-order valence-corrected chi connectivity index (χ0v) is 13.5. The van der Waals surface area contributed by atoms with E-state index in [1.165, 1.54) is 0 Å². The van der Waals surface area contributed by atoms with Crippen LogP contribution in [0.1, 0.15) is 43.0 Å². The normalized spacial score (nSPS) is 18.9. The summed E-state index contributed by atoms with van der Waals surface area (Å²) in [5.41, 5.74) is 3.83. The number of hydrogen-bond acceptors (Lipinski definition) is 5. The minimum Gasteiger partial charge on any atom is -0.487 e. The quantitative estimate of drug-likeness (QED) is 0.504. The van der Waals surface area contributed by atoms with E-state index >= 15 is 0 Å². The first-order valence-corrected chi connectivity index (χ1v) is 7.64. The molecule has 24 heavy (non-hydrogen) atoms. The van der Waals surface area contributed by atoms with Crippen molar-refractivity contribution in [1.82, 2.24) is 10.5 Å². The smallest absolute Gasteiger partial charge is 0.154 e. The molecule has 1 unspecified atom stereocenters. The van der Waals surface area contributed by atoms with Crippen LogP contribution in [0.5, 0.6) is 5.75 Å². The number of hydroxylamine groups is 1. The van der Waals surface area contributed by atoms with E-state index < -0.39 is 5.60 Å². The second-order valence-electron chi connectivity index (χ2n) is 6.28. The van der Waals surface area contributed by atoms with Crippen molar-refractivity contribution in [3.8, 4) is 11.8 Å². The Kier molecular flexibility index (Phi) is 4.19. The minimum atomic E-state index is -0.398. The molecular weight excluding hydrogens is 304 g/mol. The monoisotopic (exact) mass is 322 g/mol. The number of nitriles is 1. The van der Waals surface area contributed by atoms with Crippen LogP contribution in [0, 0.1) is 11.3 Å². The summed E-state index contributed by atoms with van der Waals surface area (Å²) < 4.78 is 6.00. The molecule has 1 aliphatic heterocycles. The van der Waals surface area contributed by atoms with Crippen molar-refractivity contribution >= 4 is 5.84 Å². The largest absolute Gasteiger partial charge is 0.487 e. The topological polar surface area (TPSA) is 90.5 Å². The molecule has 2 heterocycles. The summed E-state index contributed by atoms with van der Waals surface area (Å²) in [4.78, 5) is 8.71. The van der Waals surface area contributed by atoms with Crippen LogP contribution in [0.2, 0.25) is 0 Å². The van der Waals surface area contributed by atoms with E-state index in [-0.39, 0.29) is 6.04 Å². The van der Waals surface area contributed by atoms with Gasteiger partial charge in [-0.1, -0.05) is 0 Å². The number of benzene rings is 1. The third-order valence-electron chi connectivity index (χ3n) is 3.89. The fraction of sp³-hybridized carbons (Fsp3) is 0.278. The van der Waals surface area contributed by atoms with Gasteiger partial charge in [-0.2, -0.15) is 5.26 Å². The van der Waals surface area contributed by atoms with Crippen molar-refractivity contribution in [1.29, 1.82) is 5.26 Å². The van der Waals surface area contributed by atoms with Crippen LogP contribution >= 0.6 is 0 Å². The molecule has 3 rings (SSSR count). The summed E-state index contributed by atoms with van der Waals surface area (Å²) in [7, 11) is 0. The first-order valence-electron chi connectivity index (χ1n) is 7.64. The maximum atomic E-state index is 9.50. The highest BCUT2D eigenvalue weighted by Gasteiger charge is 2.34. The summed E-state index contributed by atoms with van der Waals surface area (Å²) >= 11 is 0. The van der Waals surface area contributed by atoms with Gasteiger partial charge in [0.1, 0.15) is 11.4 Å². The van der Waals surface area contributed by atoms with Crippen LogP contribution in [0.3, 0.4) is 0 Å². The van der Waals surface area contributed by atoms with Gasteiger partial charge in [0.05, 0.1) is 17.7 Å². The minimum absolute atomic E-state index is 0.244. The fourth-order valence-corrected chi connectivity index (χ4v) is 2.83. The molecule has 0 saturated carbocycles. The molecule has 0 bridgehead atoms. The number of pyridine rings is 1. The number of amidine groups is 1. The predicted octanol–water partition coefficient (Wildman–Crippen LogP) is 2.98. The highest BCUT2D eigenvalue weighted by Crippen LogP contribution is 2.42. The standard InChI is InChI=1S/C18H18N4O2/c1-18(2)9-15(14-8-12(10-19)5-6-16(14)24-18)21-17(22-23)13-4-3-7-20-11-13/h3-8,11,15,23H,9H2,1-2H3,(H,21,22). The second-order valence-corrected chi connectivity index (χ2v) is 6.28. The van der Waals surface area contributed by atoms with Crippen LogP contribution in [0.25, 0.3) is 0 Å². The van der Waals surface area contributed by atoms with Crippen molar-refractivity contribution in [2.45, 2.75) is 31.9 Å². The molecule has 122 valence electrons. The molecule has 1 aromatic carbocycles. The number of rotatable bonds is 2. The van der Waals surface area contributed by atoms with E-state index in [1.54, 1.807) is 36.7 Å². The average molecular weight is 322 g/mol. The molecule has 6 nitrogen and oxygen atoms in total. The van der Waals surface area contributed by atoms with Gasteiger partial charge in [-0.25, -0.2) is 0 Å². The van der Waals surface area contributed by atoms with Gasteiger partial charge in [0, 0.05) is 29.9 Å². The zero-order chi connectivity index (χ0) is 17.2. The molecule has 0 spiro atoms. The van der Waals surface area contributed by atoms with Gasteiger partial charge in [0.15, 0.2) is 5.84 Å². The molecule has 0 radical (unpaired) electrons. The lowest BCUT2D eigenvalue weighted by molar-refractivity contribution is 0.0729. The number of hydrogen-bond donors (Lipinski definition) is 2. The highest BCUT2D eigenvalue weighted by atomic mass is 16.5. The van der Waals surface area contributed by atoms with E-state index in [9.17, 15) is 5.21 Å². The number of nitrogens with zero attached hydrogens (tertiary/aromatic N) is 3. The Labute approximate surface area is 140 Å². The van der Waals surface area contributed by atoms with Crippen molar-refractivity contribution in [2.24, 2.45) is 4.99 Å². The number of aromatic nitrogens is 1. The maximum Gasteiger partial charge on any atom is 0.154 e. The van der Waals surface area contributed by atoms with Crippen LogP contribution in [0.15, 0.2) is 47.7 Å². The molecular formula is C18H18N4O2. The van der Waals surface area contributed by atoms with Crippen molar-refractivity contribution in [3.05, 3.63) is 59.4 Å². The lowest BCUT2D eigenvalue weighted by Gasteiger charge is -2.36. The van der Waals surface area contributed by atoms with Crippen molar-refractivity contribution in [3.63, 3.8) is 0 Å². The van der Waals surface area contributed by atoms with Gasteiger partial charge in [0.25, 0.3) is 0 Å². The first-order chi connectivity index (χ1) is 11.5. The van der Waals surface area contributed by atoms with Gasteiger partial charge < -0.3 is 4.74 Å². The first kappa shape index (κ1) is 16.0. The molecule has 6 heteroatoms. The maximum absolute atomic E-state index is 9.50. The fourth-order valence-electron chi connectivity index (χ4n) is 2.83. The van der Waals surface area contributed by atoms with Crippen LogP contribution in [0.4, 0.5) is 0 Å². The van der Waals surface area contributed by atoms with Gasteiger partial charge in [0.2, 0.25) is 0 Å². The Morgan fingerprint density at radius 1 is 1.46 bits per heavy atom. The van der Waals surface area contributed by atoms with Gasteiger partial charge in [-0.3, -0.25) is 20.7 Å². The van der Waals surface area contributed by atoms with Gasteiger partial charge in [-0.05, 0) is 44.2 Å². The summed E-state index contributed by atoms with van der Waals surface area (Å²) in [5.74, 6) is 1.04. The molecule has 2 N–H and O–H groups in total. The number of nitrogens with one attached hydrogen (secondary N) is 1. The molecule has 0 aliphatic carbocycles. The Morgan fingerprint density at radius 2 is 2.29 bits per heavy atom. The molecule has 0 saturated heterocycles. The van der Waals surface area contributed by atoms with Crippen LogP contribution in [-0.2, 0) is 0 Å². The Balaban J connectivity index is 2.07. The molecule has 0 amide bonds. The zero-order valence-electron chi connectivity index (χ0n) is 13.5. The summed E-state index contributed by atoms with van der Waals surface area (Å²) in [6, 6.07) is 10.8. The van der Waals surface area contributed by atoms with Gasteiger partial charge in [-0.15, -0.1) is 0 Å². The second kappa shape index (κ2) is 6.30. The third-order valence-corrected chi connectivity index (χ3v) is 3.89. The molecule has 2 aromatic rings. The Morgan fingerprint density at radius 3 is 2.96 bits per heavy atom. The van der Waals surface area contributed by atoms with E-state index in [0.29, 0.717) is 29.1 Å². The van der Waals surface area contributed by atoms with Gasteiger partial charge >= 0.3 is 0 Å². The number of fused-ring (bicyclic) bond motifs is 1. The predicted molar refractivity (Wildman–Crippen MR) is 88.9 cm³/mol. The molecule has 1 atom stereocenters. The van der Waals surface area contributed by atoms with E-state index in [2.05, 4.69) is 21.5 Å². The van der Waals surface area contributed by atoms with Crippen LogP contribution in [-0.4, -0.2) is 21.6 Å². The summed E-state index contributed by atoms with van der Waals surface area (Å²) in [5, 5.41) is 18.6. The molecule has 0 fully saturated rings. The Hall–Kier alpha value is -2.91. The molecule has 1 aliphatic rings. The van der Waals surface area contributed by atoms with E-state index in [4.69, 9.17) is 10.00 Å². The number of aliphatic imine (C=N–C) groups is 1. The highest BCUT2D eigenvalue weighted by molar-refractivity contribution is 5.97. The molecule has 1 aromatic heterocycles.